The van der Waals surface area contributed by atoms with Gasteiger partial charge in [-0.2, -0.15) is 0 Å². The van der Waals surface area contributed by atoms with Gasteiger partial charge in [-0.3, -0.25) is 14.9 Å². The second-order valence-corrected chi connectivity index (χ2v) is 10.1. The van der Waals surface area contributed by atoms with Crippen LogP contribution in [0, 0.1) is 5.92 Å². The van der Waals surface area contributed by atoms with Crippen LogP contribution in [0.5, 0.6) is 5.75 Å². The molecule has 1 spiro atoms. The minimum absolute atomic E-state index is 0.142. The lowest BCUT2D eigenvalue weighted by atomic mass is 9.70. The minimum atomic E-state index is -1.33. The Bertz CT molecular complexity index is 1550. The van der Waals surface area contributed by atoms with Crippen LogP contribution in [-0.2, 0) is 21.5 Å². The number of phenols is 1. The summed E-state index contributed by atoms with van der Waals surface area (Å²) >= 11 is 0. The summed E-state index contributed by atoms with van der Waals surface area (Å²) in [5.41, 5.74) is 2.47. The van der Waals surface area contributed by atoms with Crippen LogP contribution in [0.25, 0.3) is 5.76 Å². The van der Waals surface area contributed by atoms with Gasteiger partial charge in [-0.25, -0.2) is 0 Å². The number of anilines is 1. The SMILES string of the molecule is O=C(/C=C(\O)c1ccccc1)[C@H]1[C@H](c2ccccc2)[C@@H](Cc2ccc(O)cc2)N[C@]12C(=O)Nc1ccccc12. The van der Waals surface area contributed by atoms with Crippen molar-refractivity contribution in [2.45, 2.75) is 23.9 Å². The molecule has 0 aromatic heterocycles. The van der Waals surface area contributed by atoms with Crippen LogP contribution in [0.3, 0.4) is 0 Å². The third-order valence-electron chi connectivity index (χ3n) is 7.86. The normalized spacial score (nSPS) is 23.9. The van der Waals surface area contributed by atoms with Gasteiger partial charge in [-0.15, -0.1) is 0 Å². The quantitative estimate of drug-likeness (QED) is 0.205. The Morgan fingerprint density at radius 3 is 2.21 bits per heavy atom. The summed E-state index contributed by atoms with van der Waals surface area (Å²) in [5, 5.41) is 27.3. The van der Waals surface area contributed by atoms with Crippen molar-refractivity contribution < 1.29 is 19.8 Å². The van der Waals surface area contributed by atoms with Crippen LogP contribution >= 0.6 is 0 Å². The van der Waals surface area contributed by atoms with Crippen molar-refractivity contribution in [2.75, 3.05) is 5.32 Å². The first-order valence-corrected chi connectivity index (χ1v) is 13.0. The Kier molecular flexibility index (Phi) is 6.25. The summed E-state index contributed by atoms with van der Waals surface area (Å²) in [4.78, 5) is 28.2. The molecule has 2 aliphatic rings. The number of aliphatic hydroxyl groups is 1. The smallest absolute Gasteiger partial charge is 0.250 e. The second kappa shape index (κ2) is 9.89. The number of hydrogen-bond acceptors (Lipinski definition) is 5. The molecule has 6 heteroatoms. The molecule has 0 bridgehead atoms. The van der Waals surface area contributed by atoms with Crippen LogP contribution in [0.1, 0.15) is 28.2 Å². The maximum Gasteiger partial charge on any atom is 0.250 e. The zero-order valence-electron chi connectivity index (χ0n) is 21.1. The number of aliphatic hydroxyl groups excluding tert-OH is 1. The summed E-state index contributed by atoms with van der Waals surface area (Å²) in [6, 6.07) is 32.8. The van der Waals surface area contributed by atoms with Gasteiger partial charge in [0, 0.05) is 34.9 Å². The highest BCUT2D eigenvalue weighted by Crippen LogP contribution is 2.53. The first-order valence-electron chi connectivity index (χ1n) is 13.0. The maximum atomic E-state index is 14.3. The molecule has 0 aliphatic carbocycles. The molecule has 6 rings (SSSR count). The Hall–Kier alpha value is -4.68. The number of ketones is 1. The van der Waals surface area contributed by atoms with Gasteiger partial charge in [0.15, 0.2) is 5.78 Å². The minimum Gasteiger partial charge on any atom is -0.508 e. The van der Waals surface area contributed by atoms with E-state index in [2.05, 4.69) is 10.6 Å². The van der Waals surface area contributed by atoms with E-state index in [0.717, 1.165) is 16.7 Å². The van der Waals surface area contributed by atoms with E-state index in [-0.39, 0.29) is 35.2 Å². The molecular weight excluding hydrogens is 488 g/mol. The van der Waals surface area contributed by atoms with Crippen molar-refractivity contribution >= 4 is 23.1 Å². The number of phenolic OH excluding ortho intramolecular Hbond substituents is 1. The van der Waals surface area contributed by atoms with Gasteiger partial charge in [0.25, 0.3) is 0 Å². The van der Waals surface area contributed by atoms with Gasteiger partial charge in [-0.05, 0) is 35.7 Å². The predicted molar refractivity (Wildman–Crippen MR) is 150 cm³/mol. The predicted octanol–water partition coefficient (Wildman–Crippen LogP) is 5.32. The molecule has 6 nitrogen and oxygen atoms in total. The standard InChI is InChI=1S/C33H28N2O4/c36-24-17-15-21(16-18-24)19-27-30(23-11-5-2-6-12-23)31(29(38)20-28(37)22-9-3-1-4-10-22)33(35-27)25-13-7-8-14-26(25)34-32(33)39/h1-18,20,27,30-31,35-37H,19H2,(H,34,39)/b28-20-/t27-,30-,31+,33+/m1/s1. The van der Waals surface area contributed by atoms with E-state index in [1.54, 1.807) is 36.4 Å². The molecule has 1 saturated heterocycles. The van der Waals surface area contributed by atoms with Crippen LogP contribution in [0.15, 0.2) is 115 Å². The number of benzene rings is 4. The summed E-state index contributed by atoms with van der Waals surface area (Å²) in [6.07, 6.45) is 1.78. The molecule has 0 unspecified atom stereocenters. The number of carbonyl (C=O) groups excluding carboxylic acids is 2. The molecule has 194 valence electrons. The molecule has 1 amide bonds. The summed E-state index contributed by atoms with van der Waals surface area (Å²) in [5.74, 6) is -1.81. The number of amides is 1. The Morgan fingerprint density at radius 2 is 1.49 bits per heavy atom. The molecule has 4 aromatic carbocycles. The maximum absolute atomic E-state index is 14.3. The lowest BCUT2D eigenvalue weighted by Crippen LogP contribution is -2.51. The summed E-state index contributed by atoms with van der Waals surface area (Å²) in [6.45, 7) is 0. The van der Waals surface area contributed by atoms with Gasteiger partial charge >= 0.3 is 0 Å². The summed E-state index contributed by atoms with van der Waals surface area (Å²) in [7, 11) is 0. The van der Waals surface area contributed by atoms with E-state index < -0.39 is 11.5 Å². The number of fused-ring (bicyclic) bond motifs is 2. The van der Waals surface area contributed by atoms with E-state index in [1.165, 1.54) is 6.08 Å². The third-order valence-corrected chi connectivity index (χ3v) is 7.86. The van der Waals surface area contributed by atoms with E-state index in [0.29, 0.717) is 17.7 Å². The third kappa shape index (κ3) is 4.29. The van der Waals surface area contributed by atoms with Crippen molar-refractivity contribution in [3.8, 4) is 5.75 Å². The first kappa shape index (κ1) is 24.6. The van der Waals surface area contributed by atoms with Gasteiger partial charge in [0.2, 0.25) is 5.91 Å². The molecule has 2 aliphatic heterocycles. The molecule has 4 aromatic rings. The van der Waals surface area contributed by atoms with Crippen LogP contribution in [-0.4, -0.2) is 27.9 Å². The number of para-hydroxylation sites is 1. The highest BCUT2D eigenvalue weighted by molar-refractivity contribution is 6.12. The van der Waals surface area contributed by atoms with Crippen molar-refractivity contribution in [1.82, 2.24) is 5.32 Å². The fraction of sp³-hybridized carbons (Fsp3) is 0.152. The fourth-order valence-corrected chi connectivity index (χ4v) is 6.18. The van der Waals surface area contributed by atoms with Crippen molar-refractivity contribution in [1.29, 1.82) is 0 Å². The second-order valence-electron chi connectivity index (χ2n) is 10.1. The molecule has 4 atom stereocenters. The molecule has 2 heterocycles. The highest BCUT2D eigenvalue weighted by atomic mass is 16.3. The van der Waals surface area contributed by atoms with Gasteiger partial charge in [0.1, 0.15) is 17.0 Å². The van der Waals surface area contributed by atoms with E-state index in [4.69, 9.17) is 0 Å². The largest absolute Gasteiger partial charge is 0.508 e. The zero-order chi connectivity index (χ0) is 27.0. The Labute approximate surface area is 226 Å². The number of aromatic hydroxyl groups is 1. The van der Waals surface area contributed by atoms with Crippen LogP contribution < -0.4 is 10.6 Å². The van der Waals surface area contributed by atoms with Crippen molar-refractivity contribution in [3.05, 3.63) is 138 Å². The van der Waals surface area contributed by atoms with Crippen LogP contribution in [0.2, 0.25) is 0 Å². The van der Waals surface area contributed by atoms with E-state index in [1.807, 2.05) is 72.8 Å². The fourth-order valence-electron chi connectivity index (χ4n) is 6.18. The Morgan fingerprint density at radius 1 is 0.846 bits per heavy atom. The molecule has 4 N–H and O–H groups in total. The van der Waals surface area contributed by atoms with Gasteiger partial charge < -0.3 is 15.5 Å². The van der Waals surface area contributed by atoms with Gasteiger partial charge in [-0.1, -0.05) is 91.0 Å². The first-order chi connectivity index (χ1) is 19.0. The monoisotopic (exact) mass is 516 g/mol. The lowest BCUT2D eigenvalue weighted by Gasteiger charge is -2.30. The average Bonchev–Trinajstić information content (AvgIpc) is 3.45. The zero-order valence-corrected chi connectivity index (χ0v) is 21.1. The van der Waals surface area contributed by atoms with E-state index in [9.17, 15) is 19.8 Å². The van der Waals surface area contributed by atoms with Gasteiger partial charge in [0.05, 0.1) is 5.92 Å². The molecule has 1 fully saturated rings. The molecular formula is C33H28N2O4. The average molecular weight is 517 g/mol. The molecule has 39 heavy (non-hydrogen) atoms. The topological polar surface area (TPSA) is 98.7 Å². The molecule has 0 radical (unpaired) electrons. The van der Waals surface area contributed by atoms with Crippen LogP contribution in [0.4, 0.5) is 5.69 Å². The number of hydrogen-bond donors (Lipinski definition) is 4. The van der Waals surface area contributed by atoms with E-state index >= 15 is 0 Å². The molecule has 0 saturated carbocycles. The summed E-state index contributed by atoms with van der Waals surface area (Å²) < 4.78 is 0. The number of rotatable bonds is 6. The number of allylic oxidation sites excluding steroid dienone is 1. The van der Waals surface area contributed by atoms with Crippen molar-refractivity contribution in [2.24, 2.45) is 5.92 Å². The van der Waals surface area contributed by atoms with Crippen molar-refractivity contribution in [3.63, 3.8) is 0 Å². The lowest BCUT2D eigenvalue weighted by molar-refractivity contribution is -0.129. The number of carbonyl (C=O) groups is 2. The highest BCUT2D eigenvalue weighted by Gasteiger charge is 2.63. The Balaban J connectivity index is 1.52. The number of nitrogens with one attached hydrogen (secondary N) is 2.